The van der Waals surface area contributed by atoms with Crippen LogP contribution in [0.3, 0.4) is 0 Å². The zero-order valence-electron chi connectivity index (χ0n) is 16.4. The van der Waals surface area contributed by atoms with Gasteiger partial charge in [-0.2, -0.15) is 0 Å². The molecule has 0 heterocycles. The maximum Gasteiger partial charge on any atom is 0.242 e. The lowest BCUT2D eigenvalue weighted by atomic mass is 10.1. The summed E-state index contributed by atoms with van der Waals surface area (Å²) < 4.78 is 0. The molecular weight excluding hydrogens is 392 g/mol. The summed E-state index contributed by atoms with van der Waals surface area (Å²) >= 11 is 7.76. The van der Waals surface area contributed by atoms with Crippen molar-refractivity contribution in [1.29, 1.82) is 0 Å². The first-order chi connectivity index (χ1) is 13.5. The highest BCUT2D eigenvalue weighted by atomic mass is 35.5. The molecule has 28 heavy (non-hydrogen) atoms. The molecule has 0 spiro atoms. The number of halogens is 1. The molecule has 2 aromatic rings. The molecule has 0 aromatic heterocycles. The van der Waals surface area contributed by atoms with Gasteiger partial charge in [0.2, 0.25) is 11.8 Å². The van der Waals surface area contributed by atoms with Gasteiger partial charge in [0.1, 0.15) is 6.04 Å². The quantitative estimate of drug-likeness (QED) is 0.446. The maximum atomic E-state index is 13.0. The van der Waals surface area contributed by atoms with E-state index in [0.29, 0.717) is 18.1 Å². The number of rotatable bonds is 10. The summed E-state index contributed by atoms with van der Waals surface area (Å²) in [6.07, 6.45) is 1.92. The fourth-order valence-electron chi connectivity index (χ4n) is 2.67. The first-order valence-electron chi connectivity index (χ1n) is 9.51. The van der Waals surface area contributed by atoms with Crippen LogP contribution in [0.1, 0.15) is 32.3 Å². The first kappa shape index (κ1) is 22.3. The fourth-order valence-corrected chi connectivity index (χ4v) is 3.67. The Balaban J connectivity index is 2.11. The molecule has 1 N–H and O–H groups in total. The largest absolute Gasteiger partial charge is 0.354 e. The number of carbonyl (C=O) groups excluding carboxylic acids is 2. The number of benzene rings is 2. The van der Waals surface area contributed by atoms with E-state index < -0.39 is 6.04 Å². The minimum atomic E-state index is -0.572. The van der Waals surface area contributed by atoms with Gasteiger partial charge in [0.25, 0.3) is 0 Å². The van der Waals surface area contributed by atoms with Crippen molar-refractivity contribution in [2.75, 3.05) is 12.3 Å². The van der Waals surface area contributed by atoms with Crippen LogP contribution in [0.5, 0.6) is 0 Å². The maximum absolute atomic E-state index is 13.0. The molecular formula is C22H27ClN2O2S. The van der Waals surface area contributed by atoms with Gasteiger partial charge in [-0.05, 0) is 37.1 Å². The minimum absolute atomic E-state index is 0.0908. The van der Waals surface area contributed by atoms with Crippen LogP contribution in [0.4, 0.5) is 0 Å². The van der Waals surface area contributed by atoms with Gasteiger partial charge in [-0.3, -0.25) is 9.59 Å². The minimum Gasteiger partial charge on any atom is -0.354 e. The van der Waals surface area contributed by atoms with E-state index in [0.717, 1.165) is 23.3 Å². The van der Waals surface area contributed by atoms with E-state index in [9.17, 15) is 9.59 Å². The van der Waals surface area contributed by atoms with Crippen LogP contribution < -0.4 is 5.32 Å². The van der Waals surface area contributed by atoms with Crippen molar-refractivity contribution < 1.29 is 9.59 Å². The van der Waals surface area contributed by atoms with Crippen molar-refractivity contribution in [3.63, 3.8) is 0 Å². The zero-order valence-corrected chi connectivity index (χ0v) is 17.9. The number of amides is 2. The SMILES string of the molecule is CCCCNC(=O)[C@H](C)N(Cc1ccccc1Cl)C(=O)CSc1ccccc1. The molecule has 6 heteroatoms. The second-order valence-corrected chi connectivity index (χ2v) is 7.99. The number of nitrogens with one attached hydrogen (secondary N) is 1. The number of thioether (sulfide) groups is 1. The monoisotopic (exact) mass is 418 g/mol. The van der Waals surface area contributed by atoms with Gasteiger partial charge in [-0.15, -0.1) is 11.8 Å². The number of nitrogens with zero attached hydrogens (tertiary/aromatic N) is 1. The molecule has 0 aliphatic heterocycles. The topological polar surface area (TPSA) is 49.4 Å². The van der Waals surface area contributed by atoms with Crippen molar-refractivity contribution in [1.82, 2.24) is 10.2 Å². The Bertz CT molecular complexity index is 770. The van der Waals surface area contributed by atoms with E-state index in [2.05, 4.69) is 12.2 Å². The van der Waals surface area contributed by atoms with Crippen molar-refractivity contribution >= 4 is 35.2 Å². The molecule has 0 aliphatic carbocycles. The lowest BCUT2D eigenvalue weighted by Gasteiger charge is -2.29. The van der Waals surface area contributed by atoms with Crippen LogP contribution in [-0.4, -0.2) is 35.1 Å². The average molecular weight is 419 g/mol. The predicted octanol–water partition coefficient (Wildman–Crippen LogP) is 4.77. The summed E-state index contributed by atoms with van der Waals surface area (Å²) in [5, 5.41) is 3.51. The normalized spacial score (nSPS) is 11.7. The summed E-state index contributed by atoms with van der Waals surface area (Å²) in [5.74, 6) is 0.0339. The van der Waals surface area contributed by atoms with Gasteiger partial charge in [0.15, 0.2) is 0 Å². The second kappa shape index (κ2) is 11.8. The number of unbranched alkanes of at least 4 members (excludes halogenated alkanes) is 1. The third-order valence-electron chi connectivity index (χ3n) is 4.40. The lowest BCUT2D eigenvalue weighted by Crippen LogP contribution is -2.48. The third kappa shape index (κ3) is 6.88. The van der Waals surface area contributed by atoms with Crippen molar-refractivity contribution in [3.05, 3.63) is 65.2 Å². The Kier molecular flexibility index (Phi) is 9.38. The van der Waals surface area contributed by atoms with E-state index in [1.165, 1.54) is 11.8 Å². The molecule has 0 unspecified atom stereocenters. The Morgan fingerprint density at radius 2 is 1.79 bits per heavy atom. The Morgan fingerprint density at radius 3 is 2.46 bits per heavy atom. The average Bonchev–Trinajstić information content (AvgIpc) is 2.71. The fraction of sp³-hybridized carbons (Fsp3) is 0.364. The van der Waals surface area contributed by atoms with Gasteiger partial charge in [-0.1, -0.05) is 61.3 Å². The van der Waals surface area contributed by atoms with Crippen LogP contribution in [0.25, 0.3) is 0 Å². The highest BCUT2D eigenvalue weighted by molar-refractivity contribution is 8.00. The Hall–Kier alpha value is -1.98. The molecule has 2 rings (SSSR count). The summed E-state index contributed by atoms with van der Waals surface area (Å²) in [6.45, 7) is 4.76. The van der Waals surface area contributed by atoms with Gasteiger partial charge < -0.3 is 10.2 Å². The van der Waals surface area contributed by atoms with Gasteiger partial charge in [0.05, 0.1) is 5.75 Å². The second-order valence-electron chi connectivity index (χ2n) is 6.54. The Morgan fingerprint density at radius 1 is 1.11 bits per heavy atom. The van der Waals surface area contributed by atoms with E-state index in [1.54, 1.807) is 17.9 Å². The molecule has 0 radical (unpaired) electrons. The van der Waals surface area contributed by atoms with Gasteiger partial charge in [-0.25, -0.2) is 0 Å². The van der Waals surface area contributed by atoms with Crippen LogP contribution >= 0.6 is 23.4 Å². The molecule has 0 fully saturated rings. The molecule has 2 aromatic carbocycles. The third-order valence-corrected chi connectivity index (χ3v) is 5.77. The smallest absolute Gasteiger partial charge is 0.242 e. The lowest BCUT2D eigenvalue weighted by molar-refractivity contribution is -0.138. The van der Waals surface area contributed by atoms with E-state index in [4.69, 9.17) is 11.6 Å². The number of carbonyl (C=O) groups is 2. The van der Waals surface area contributed by atoms with Crippen LogP contribution in [-0.2, 0) is 16.1 Å². The predicted molar refractivity (Wildman–Crippen MR) is 117 cm³/mol. The molecule has 0 bridgehead atoms. The summed E-state index contributed by atoms with van der Waals surface area (Å²) in [5.41, 5.74) is 0.829. The summed E-state index contributed by atoms with van der Waals surface area (Å²) in [7, 11) is 0. The van der Waals surface area contributed by atoms with E-state index >= 15 is 0 Å². The first-order valence-corrected chi connectivity index (χ1v) is 10.9. The van der Waals surface area contributed by atoms with Crippen molar-refractivity contribution in [3.8, 4) is 0 Å². The molecule has 1 atom stereocenters. The molecule has 0 saturated heterocycles. The van der Waals surface area contributed by atoms with E-state index in [1.807, 2.05) is 48.5 Å². The number of hydrogen-bond donors (Lipinski definition) is 1. The molecule has 2 amide bonds. The standard InChI is InChI=1S/C22H27ClN2O2S/c1-3-4-14-24-22(27)17(2)25(15-18-10-8-9-13-20(18)23)21(26)16-28-19-11-6-5-7-12-19/h5-13,17H,3-4,14-16H2,1-2H3,(H,24,27)/t17-/m0/s1. The summed E-state index contributed by atoms with van der Waals surface area (Å²) in [6, 6.07) is 16.6. The van der Waals surface area contributed by atoms with Crippen LogP contribution in [0.2, 0.25) is 5.02 Å². The van der Waals surface area contributed by atoms with Crippen molar-refractivity contribution in [2.45, 2.75) is 44.2 Å². The van der Waals surface area contributed by atoms with E-state index in [-0.39, 0.29) is 17.6 Å². The van der Waals surface area contributed by atoms with Crippen LogP contribution in [0.15, 0.2) is 59.5 Å². The van der Waals surface area contributed by atoms with Crippen molar-refractivity contribution in [2.24, 2.45) is 0 Å². The molecule has 4 nitrogen and oxygen atoms in total. The van der Waals surface area contributed by atoms with Gasteiger partial charge in [0, 0.05) is 23.0 Å². The molecule has 0 aliphatic rings. The van der Waals surface area contributed by atoms with Crippen LogP contribution in [0, 0.1) is 0 Å². The molecule has 0 saturated carbocycles. The Labute approximate surface area is 176 Å². The number of hydrogen-bond acceptors (Lipinski definition) is 3. The highest BCUT2D eigenvalue weighted by Gasteiger charge is 2.26. The molecule has 150 valence electrons. The zero-order chi connectivity index (χ0) is 20.4. The highest BCUT2D eigenvalue weighted by Crippen LogP contribution is 2.22. The summed E-state index contributed by atoms with van der Waals surface area (Å²) in [4.78, 5) is 28.2. The van der Waals surface area contributed by atoms with Gasteiger partial charge >= 0.3 is 0 Å².